The lowest BCUT2D eigenvalue weighted by atomic mass is 10.0. The summed E-state index contributed by atoms with van der Waals surface area (Å²) in [5.74, 6) is 0.522. The van der Waals surface area contributed by atoms with Crippen molar-refractivity contribution < 1.29 is 118 Å². The maximum Gasteiger partial charge on any atom is 0.186 e. The third-order valence-corrected chi connectivity index (χ3v) is 12.7. The Bertz CT molecular complexity index is 1530. The van der Waals surface area contributed by atoms with Crippen molar-refractivity contribution in [3.8, 4) is 0 Å². The highest BCUT2D eigenvalue weighted by Gasteiger charge is 2.51. The molecule has 62 heavy (non-hydrogen) atoms. The standard InChI is InChI=1S/C37H56O24S/c38-14-6-51-32(26(45)20(14)39)57-15-7-52-33(27(46)21(15)40)58-16-8-53-34(28(47)22(16)41)59-17-9-54-35(29(48)23(17)42)60-18-10-55-36(30(49)24(18)43)61-19-11-56-37(31(50)25(19)44)62-12-13-4-2-1-3-5-13/h1-5,14-50H,6-12H2/t14-,15-,16-,17-,18-,19-,20+,21+,22+,23+,24+,25+,26-,27-,28-,29-,30-,31-,32+,33+,34+,35+,36+,37+/m1/s1. The molecule has 6 saturated heterocycles. The predicted molar refractivity (Wildman–Crippen MR) is 199 cm³/mol. The van der Waals surface area contributed by atoms with Crippen LogP contribution >= 0.6 is 11.8 Å². The van der Waals surface area contributed by atoms with Crippen LogP contribution in [0.1, 0.15) is 5.56 Å². The molecule has 0 bridgehead atoms. The van der Waals surface area contributed by atoms with Crippen molar-refractivity contribution >= 4 is 11.8 Å². The first-order valence-electron chi connectivity index (χ1n) is 20.1. The molecule has 0 aliphatic carbocycles. The summed E-state index contributed by atoms with van der Waals surface area (Å²) in [4.78, 5) is 0. The van der Waals surface area contributed by atoms with Crippen LogP contribution in [0.15, 0.2) is 30.3 Å². The molecular weight excluding hydrogens is 860 g/mol. The summed E-state index contributed by atoms with van der Waals surface area (Å²) in [7, 11) is 0. The zero-order chi connectivity index (χ0) is 44.4. The summed E-state index contributed by atoms with van der Waals surface area (Å²) < 4.78 is 61.0. The van der Waals surface area contributed by atoms with E-state index in [2.05, 4.69) is 0 Å². The van der Waals surface area contributed by atoms with Gasteiger partial charge in [-0.3, -0.25) is 0 Å². The number of rotatable bonds is 13. The summed E-state index contributed by atoms with van der Waals surface area (Å²) in [5, 5.41) is 138. The van der Waals surface area contributed by atoms with Crippen LogP contribution in [0.3, 0.4) is 0 Å². The van der Waals surface area contributed by atoms with Gasteiger partial charge in [0.05, 0.1) is 39.6 Å². The first-order valence-corrected chi connectivity index (χ1v) is 21.1. The van der Waals surface area contributed by atoms with Crippen molar-refractivity contribution in [3.05, 3.63) is 35.9 Å². The number of benzene rings is 1. The number of hydrogen-bond acceptors (Lipinski definition) is 25. The smallest absolute Gasteiger partial charge is 0.186 e. The Morgan fingerprint density at radius 2 is 0.677 bits per heavy atom. The molecule has 24 atom stereocenters. The van der Waals surface area contributed by atoms with Crippen LogP contribution in [-0.4, -0.2) is 253 Å². The quantitative estimate of drug-likeness (QED) is 0.0874. The van der Waals surface area contributed by atoms with E-state index in [0.717, 1.165) is 5.56 Å². The molecule has 24 nitrogen and oxygen atoms in total. The van der Waals surface area contributed by atoms with Gasteiger partial charge < -0.3 is 118 Å². The van der Waals surface area contributed by atoms with Crippen LogP contribution in [0, 0.1) is 0 Å². The van der Waals surface area contributed by atoms with E-state index >= 15 is 0 Å². The third-order valence-electron chi connectivity index (χ3n) is 11.4. The molecule has 354 valence electrons. The maximum absolute atomic E-state index is 10.9. The highest BCUT2D eigenvalue weighted by molar-refractivity contribution is 7.99. The Kier molecular flexibility index (Phi) is 16.8. The van der Waals surface area contributed by atoms with Gasteiger partial charge in [-0.15, -0.1) is 11.8 Å². The first-order chi connectivity index (χ1) is 29.6. The number of thioether (sulfide) groups is 1. The fraction of sp³-hybridized carbons (Fsp3) is 0.838. The van der Waals surface area contributed by atoms with E-state index in [1.807, 2.05) is 30.3 Å². The minimum atomic E-state index is -1.82. The Morgan fingerprint density at radius 3 is 1.05 bits per heavy atom. The molecule has 25 heteroatoms. The van der Waals surface area contributed by atoms with Gasteiger partial charge in [0.2, 0.25) is 0 Å². The average molecular weight is 917 g/mol. The second kappa shape index (κ2) is 21.5. The normalized spacial score (nSPS) is 49.4. The highest BCUT2D eigenvalue weighted by Crippen LogP contribution is 2.33. The van der Waals surface area contributed by atoms with Crippen LogP contribution in [0.5, 0.6) is 0 Å². The zero-order valence-corrected chi connectivity index (χ0v) is 33.7. The molecule has 6 fully saturated rings. The number of aliphatic hydroxyl groups is 13. The van der Waals surface area contributed by atoms with E-state index in [4.69, 9.17) is 52.1 Å². The van der Waals surface area contributed by atoms with Gasteiger partial charge in [0.1, 0.15) is 115 Å². The lowest BCUT2D eigenvalue weighted by Gasteiger charge is -2.45. The molecule has 0 radical (unpaired) electrons. The fourth-order valence-corrected chi connectivity index (χ4v) is 8.66. The average Bonchev–Trinajstić information content (AvgIpc) is 3.26. The molecule has 1 aromatic carbocycles. The molecule has 0 amide bonds. The number of aliphatic hydroxyl groups excluding tert-OH is 13. The lowest BCUT2D eigenvalue weighted by Crippen LogP contribution is -2.63. The fourth-order valence-electron chi connectivity index (χ4n) is 7.58. The largest absolute Gasteiger partial charge is 0.388 e. The Labute approximate surface area is 357 Å². The highest BCUT2D eigenvalue weighted by atomic mass is 32.2. The second-order valence-corrected chi connectivity index (χ2v) is 16.9. The molecule has 0 saturated carbocycles. The Balaban J connectivity index is 0.826. The molecule has 6 heterocycles. The SMILES string of the molecule is O[C@@H]1[C@@H](O)[C@H](O[C@@H]2CO[C@@H](O[C@@H]3CO[C@@H](O[C@@H]4CO[C@@H](O[C@@H]5CO[C@@H](O[C@@H]6CO[C@@H](SCc7ccccc7)[C@H](O)[C@H]6O)[C@H](O)[C@H]5O)[C@H](O)[C@H]4O)[C@H](O)[C@H]3O)[C@H](O)[C@H]2O)OC[C@H]1O. The topological polar surface area (TPSA) is 365 Å². The summed E-state index contributed by atoms with van der Waals surface area (Å²) in [6, 6.07) is 9.48. The molecule has 6 aliphatic heterocycles. The Hall–Kier alpha value is -1.39. The van der Waals surface area contributed by atoms with Crippen molar-refractivity contribution in [1.82, 2.24) is 0 Å². The molecule has 0 aromatic heterocycles. The lowest BCUT2D eigenvalue weighted by molar-refractivity contribution is -0.364. The van der Waals surface area contributed by atoms with Gasteiger partial charge in [0.15, 0.2) is 31.5 Å². The van der Waals surface area contributed by atoms with Crippen molar-refractivity contribution in [3.63, 3.8) is 0 Å². The van der Waals surface area contributed by atoms with Gasteiger partial charge in [-0.25, -0.2) is 0 Å². The van der Waals surface area contributed by atoms with Crippen molar-refractivity contribution in [2.45, 2.75) is 153 Å². The van der Waals surface area contributed by atoms with Gasteiger partial charge in [0.25, 0.3) is 0 Å². The van der Waals surface area contributed by atoms with Crippen molar-refractivity contribution in [2.24, 2.45) is 0 Å². The second-order valence-electron chi connectivity index (χ2n) is 15.8. The van der Waals surface area contributed by atoms with Gasteiger partial charge >= 0.3 is 0 Å². The molecular formula is C37H56O24S. The molecule has 13 N–H and O–H groups in total. The summed E-state index contributed by atoms with van der Waals surface area (Å²) in [6.07, 6.45) is -35.4. The molecule has 0 unspecified atom stereocenters. The van der Waals surface area contributed by atoms with Crippen LogP contribution in [0.4, 0.5) is 0 Å². The van der Waals surface area contributed by atoms with Crippen LogP contribution < -0.4 is 0 Å². The number of hydrogen-bond donors (Lipinski definition) is 13. The molecule has 1 aromatic rings. The van der Waals surface area contributed by atoms with E-state index in [1.54, 1.807) is 0 Å². The third kappa shape index (κ3) is 10.9. The van der Waals surface area contributed by atoms with E-state index in [-0.39, 0.29) is 13.2 Å². The minimum Gasteiger partial charge on any atom is -0.388 e. The van der Waals surface area contributed by atoms with E-state index in [1.165, 1.54) is 11.8 Å². The van der Waals surface area contributed by atoms with E-state index < -0.39 is 173 Å². The molecule has 6 aliphatic rings. The van der Waals surface area contributed by atoms with Gasteiger partial charge in [-0.1, -0.05) is 30.3 Å². The minimum absolute atomic E-state index is 0.152. The van der Waals surface area contributed by atoms with Gasteiger partial charge in [-0.05, 0) is 5.56 Å². The van der Waals surface area contributed by atoms with E-state index in [0.29, 0.717) is 5.75 Å². The first kappa shape index (κ1) is 48.5. The van der Waals surface area contributed by atoms with Gasteiger partial charge in [-0.2, -0.15) is 0 Å². The maximum atomic E-state index is 10.9. The van der Waals surface area contributed by atoms with Crippen LogP contribution in [0.25, 0.3) is 0 Å². The molecule has 7 rings (SSSR count). The monoisotopic (exact) mass is 916 g/mol. The van der Waals surface area contributed by atoms with E-state index in [9.17, 15) is 66.4 Å². The van der Waals surface area contributed by atoms with Gasteiger partial charge in [0, 0.05) is 5.75 Å². The van der Waals surface area contributed by atoms with Crippen molar-refractivity contribution in [1.29, 1.82) is 0 Å². The summed E-state index contributed by atoms with van der Waals surface area (Å²) >= 11 is 1.30. The summed E-state index contributed by atoms with van der Waals surface area (Å²) in [6.45, 7) is -2.24. The zero-order valence-electron chi connectivity index (χ0n) is 32.9. The Morgan fingerprint density at radius 1 is 0.371 bits per heavy atom. The van der Waals surface area contributed by atoms with Crippen LogP contribution in [-0.2, 0) is 57.9 Å². The number of ether oxygens (including phenoxy) is 11. The summed E-state index contributed by atoms with van der Waals surface area (Å²) in [5.41, 5.74) is 0.246. The van der Waals surface area contributed by atoms with Crippen LogP contribution in [0.2, 0.25) is 0 Å². The van der Waals surface area contributed by atoms with Crippen molar-refractivity contribution in [2.75, 3.05) is 39.6 Å². The predicted octanol–water partition coefficient (Wildman–Crippen LogP) is -7.32. The molecule has 0 spiro atoms.